The number of anilines is 1. The summed E-state index contributed by atoms with van der Waals surface area (Å²) in [7, 11) is 0. The lowest BCUT2D eigenvalue weighted by molar-refractivity contribution is 0.112. The topological polar surface area (TPSA) is 20.3 Å². The molecule has 18 heavy (non-hydrogen) atoms. The fourth-order valence-electron chi connectivity index (χ4n) is 2.83. The Hall–Kier alpha value is -1.38. The highest BCUT2D eigenvalue weighted by Crippen LogP contribution is 2.39. The van der Waals surface area contributed by atoms with Crippen molar-refractivity contribution in [3.8, 4) is 0 Å². The smallest absolute Gasteiger partial charge is 0.150 e. The molecule has 1 aromatic carbocycles. The van der Waals surface area contributed by atoms with Gasteiger partial charge in [-0.1, -0.05) is 13.8 Å². The molecular formula is C15H20FNO. The number of benzene rings is 1. The molecule has 0 bridgehead atoms. The summed E-state index contributed by atoms with van der Waals surface area (Å²) < 4.78 is 13.4. The van der Waals surface area contributed by atoms with Crippen LogP contribution in [0.25, 0.3) is 0 Å². The van der Waals surface area contributed by atoms with E-state index >= 15 is 0 Å². The predicted molar refractivity (Wildman–Crippen MR) is 71.6 cm³/mol. The lowest BCUT2D eigenvalue weighted by Crippen LogP contribution is -2.26. The van der Waals surface area contributed by atoms with Gasteiger partial charge in [0.15, 0.2) is 0 Å². The van der Waals surface area contributed by atoms with E-state index in [4.69, 9.17) is 0 Å². The molecule has 0 N–H and O–H groups in total. The van der Waals surface area contributed by atoms with E-state index in [-0.39, 0.29) is 5.82 Å². The predicted octanol–water partition coefficient (Wildman–Crippen LogP) is 3.65. The van der Waals surface area contributed by atoms with Gasteiger partial charge in [0.2, 0.25) is 0 Å². The first-order chi connectivity index (χ1) is 8.62. The van der Waals surface area contributed by atoms with Crippen molar-refractivity contribution in [1.29, 1.82) is 0 Å². The standard InChI is InChI=1S/C15H20FNO/c1-3-15(4-2)5-6-17(11-15)14-8-12(10-18)7-13(16)9-14/h7-10H,3-6,11H2,1-2H3. The molecule has 0 amide bonds. The van der Waals surface area contributed by atoms with E-state index in [1.807, 2.05) is 0 Å². The monoisotopic (exact) mass is 249 g/mol. The Kier molecular flexibility index (Phi) is 3.69. The van der Waals surface area contributed by atoms with Crippen molar-refractivity contribution in [3.63, 3.8) is 0 Å². The zero-order valence-corrected chi connectivity index (χ0v) is 11.1. The van der Waals surface area contributed by atoms with Gasteiger partial charge >= 0.3 is 0 Å². The molecule has 0 aliphatic carbocycles. The summed E-state index contributed by atoms with van der Waals surface area (Å²) in [6, 6.07) is 4.57. The van der Waals surface area contributed by atoms with Gasteiger partial charge in [-0.3, -0.25) is 4.79 Å². The molecule has 0 atom stereocenters. The number of rotatable bonds is 4. The molecule has 0 unspecified atom stereocenters. The molecule has 2 rings (SSSR count). The molecule has 0 radical (unpaired) electrons. The van der Waals surface area contributed by atoms with Gasteiger partial charge in [-0.2, -0.15) is 0 Å². The van der Waals surface area contributed by atoms with Crippen molar-refractivity contribution in [2.24, 2.45) is 5.41 Å². The van der Waals surface area contributed by atoms with Crippen LogP contribution >= 0.6 is 0 Å². The fourth-order valence-corrected chi connectivity index (χ4v) is 2.83. The van der Waals surface area contributed by atoms with Crippen LogP contribution in [-0.2, 0) is 0 Å². The summed E-state index contributed by atoms with van der Waals surface area (Å²) in [4.78, 5) is 13.0. The number of hydrogen-bond donors (Lipinski definition) is 0. The molecule has 3 heteroatoms. The minimum Gasteiger partial charge on any atom is -0.371 e. The summed E-state index contributed by atoms with van der Waals surface area (Å²) in [5.74, 6) is -0.333. The first kappa shape index (κ1) is 13.1. The third kappa shape index (κ3) is 2.40. The molecule has 1 aliphatic heterocycles. The second-order valence-corrected chi connectivity index (χ2v) is 5.24. The maximum atomic E-state index is 13.4. The van der Waals surface area contributed by atoms with Crippen LogP contribution < -0.4 is 4.90 Å². The van der Waals surface area contributed by atoms with E-state index in [2.05, 4.69) is 18.7 Å². The normalized spacial score (nSPS) is 18.1. The Morgan fingerprint density at radius 1 is 1.33 bits per heavy atom. The number of carbonyl (C=O) groups excluding carboxylic acids is 1. The largest absolute Gasteiger partial charge is 0.371 e. The molecule has 98 valence electrons. The van der Waals surface area contributed by atoms with E-state index in [9.17, 15) is 9.18 Å². The van der Waals surface area contributed by atoms with E-state index in [0.29, 0.717) is 17.3 Å². The van der Waals surface area contributed by atoms with Crippen molar-refractivity contribution < 1.29 is 9.18 Å². The van der Waals surface area contributed by atoms with Crippen molar-refractivity contribution in [1.82, 2.24) is 0 Å². The lowest BCUT2D eigenvalue weighted by atomic mass is 9.82. The molecule has 0 saturated carbocycles. The highest BCUT2D eigenvalue weighted by atomic mass is 19.1. The van der Waals surface area contributed by atoms with E-state index in [1.54, 1.807) is 6.07 Å². The average Bonchev–Trinajstić information content (AvgIpc) is 2.83. The van der Waals surface area contributed by atoms with Crippen LogP contribution in [0.3, 0.4) is 0 Å². The fraction of sp³-hybridized carbons (Fsp3) is 0.533. The van der Waals surface area contributed by atoms with Gasteiger partial charge in [0.1, 0.15) is 12.1 Å². The summed E-state index contributed by atoms with van der Waals surface area (Å²) in [5.41, 5.74) is 1.60. The zero-order valence-electron chi connectivity index (χ0n) is 11.1. The second kappa shape index (κ2) is 5.09. The maximum Gasteiger partial charge on any atom is 0.150 e. The van der Waals surface area contributed by atoms with Crippen LogP contribution in [0.5, 0.6) is 0 Å². The van der Waals surface area contributed by atoms with E-state index < -0.39 is 0 Å². The highest BCUT2D eigenvalue weighted by molar-refractivity contribution is 5.77. The average molecular weight is 249 g/mol. The van der Waals surface area contributed by atoms with Crippen LogP contribution in [0, 0.1) is 11.2 Å². The van der Waals surface area contributed by atoms with Gasteiger partial charge in [0.25, 0.3) is 0 Å². The van der Waals surface area contributed by atoms with Crippen molar-refractivity contribution in [3.05, 3.63) is 29.6 Å². The lowest BCUT2D eigenvalue weighted by Gasteiger charge is -2.27. The Labute approximate surface area is 108 Å². The Balaban J connectivity index is 2.23. The van der Waals surface area contributed by atoms with E-state index in [0.717, 1.165) is 38.0 Å². The second-order valence-electron chi connectivity index (χ2n) is 5.24. The van der Waals surface area contributed by atoms with Gasteiger partial charge in [0.05, 0.1) is 0 Å². The quantitative estimate of drug-likeness (QED) is 0.759. The van der Waals surface area contributed by atoms with Gasteiger partial charge in [-0.05, 0) is 42.9 Å². The van der Waals surface area contributed by atoms with Gasteiger partial charge < -0.3 is 4.90 Å². The van der Waals surface area contributed by atoms with Crippen LogP contribution in [0.2, 0.25) is 0 Å². The number of halogens is 1. The van der Waals surface area contributed by atoms with Crippen molar-refractivity contribution in [2.45, 2.75) is 33.1 Å². The van der Waals surface area contributed by atoms with Crippen molar-refractivity contribution in [2.75, 3.05) is 18.0 Å². The van der Waals surface area contributed by atoms with E-state index in [1.165, 1.54) is 12.1 Å². The van der Waals surface area contributed by atoms with Crippen LogP contribution in [-0.4, -0.2) is 19.4 Å². The van der Waals surface area contributed by atoms with Gasteiger partial charge in [-0.25, -0.2) is 4.39 Å². The van der Waals surface area contributed by atoms with Crippen LogP contribution in [0.4, 0.5) is 10.1 Å². The summed E-state index contributed by atoms with van der Waals surface area (Å²) in [5, 5.41) is 0. The Bertz CT molecular complexity index is 440. The summed E-state index contributed by atoms with van der Waals surface area (Å²) in [6.07, 6.45) is 4.15. The number of carbonyl (C=O) groups is 1. The van der Waals surface area contributed by atoms with Crippen molar-refractivity contribution >= 4 is 12.0 Å². The molecule has 0 aromatic heterocycles. The molecule has 1 aliphatic rings. The first-order valence-corrected chi connectivity index (χ1v) is 6.63. The molecule has 0 spiro atoms. The first-order valence-electron chi connectivity index (χ1n) is 6.63. The molecule has 1 fully saturated rings. The van der Waals surface area contributed by atoms with Crippen LogP contribution in [0.15, 0.2) is 18.2 Å². The number of aldehydes is 1. The Morgan fingerprint density at radius 3 is 2.61 bits per heavy atom. The number of hydrogen-bond acceptors (Lipinski definition) is 2. The van der Waals surface area contributed by atoms with Crippen LogP contribution in [0.1, 0.15) is 43.5 Å². The molecular weight excluding hydrogens is 229 g/mol. The minimum absolute atomic E-state index is 0.333. The Morgan fingerprint density at radius 2 is 2.06 bits per heavy atom. The summed E-state index contributed by atoms with van der Waals surface area (Å²) >= 11 is 0. The zero-order chi connectivity index (χ0) is 13.2. The van der Waals surface area contributed by atoms with Gasteiger partial charge in [0, 0.05) is 24.3 Å². The third-order valence-electron chi connectivity index (χ3n) is 4.34. The number of nitrogens with zero attached hydrogens (tertiary/aromatic N) is 1. The third-order valence-corrected chi connectivity index (χ3v) is 4.34. The van der Waals surface area contributed by atoms with Gasteiger partial charge in [-0.15, -0.1) is 0 Å². The molecule has 1 heterocycles. The molecule has 1 saturated heterocycles. The molecule has 2 nitrogen and oxygen atoms in total. The highest BCUT2D eigenvalue weighted by Gasteiger charge is 2.35. The SMILES string of the molecule is CCC1(CC)CCN(c2cc(F)cc(C=O)c2)C1. The minimum atomic E-state index is -0.333. The molecule has 1 aromatic rings. The summed E-state index contributed by atoms with van der Waals surface area (Å²) in [6.45, 7) is 6.34. The maximum absolute atomic E-state index is 13.4.